The summed E-state index contributed by atoms with van der Waals surface area (Å²) in [6.07, 6.45) is 6.01. The lowest BCUT2D eigenvalue weighted by molar-refractivity contribution is -0.111. The van der Waals surface area contributed by atoms with E-state index in [1.165, 1.54) is 6.08 Å². The summed E-state index contributed by atoms with van der Waals surface area (Å²) < 4.78 is 7.23. The molecule has 0 aliphatic rings. The fourth-order valence-corrected chi connectivity index (χ4v) is 2.58. The Labute approximate surface area is 152 Å². The van der Waals surface area contributed by atoms with Gasteiger partial charge in [-0.25, -0.2) is 9.50 Å². The molecule has 134 valence electrons. The van der Waals surface area contributed by atoms with Crippen molar-refractivity contribution in [2.75, 3.05) is 11.9 Å². The first-order valence-electron chi connectivity index (χ1n) is 8.60. The summed E-state index contributed by atoms with van der Waals surface area (Å²) in [5.41, 5.74) is 3.36. The molecule has 0 atom stereocenters. The molecule has 3 aromatic rings. The van der Waals surface area contributed by atoms with Crippen LogP contribution in [0.25, 0.3) is 11.7 Å². The second kappa shape index (κ2) is 7.82. The molecule has 1 N–H and O–H groups in total. The summed E-state index contributed by atoms with van der Waals surface area (Å²) in [6, 6.07) is 9.52. The van der Waals surface area contributed by atoms with Crippen molar-refractivity contribution in [3.05, 3.63) is 59.6 Å². The molecule has 6 heteroatoms. The van der Waals surface area contributed by atoms with Gasteiger partial charge in [-0.1, -0.05) is 19.1 Å². The number of fused-ring (bicyclic) bond motifs is 1. The van der Waals surface area contributed by atoms with Crippen molar-refractivity contribution in [2.24, 2.45) is 0 Å². The molecule has 3 rings (SSSR count). The number of ether oxygens (including phenoxy) is 1. The van der Waals surface area contributed by atoms with E-state index in [0.717, 1.165) is 28.9 Å². The van der Waals surface area contributed by atoms with Crippen molar-refractivity contribution in [1.29, 1.82) is 0 Å². The van der Waals surface area contributed by atoms with Gasteiger partial charge in [-0.15, -0.1) is 0 Å². The molecule has 0 fully saturated rings. The van der Waals surface area contributed by atoms with Gasteiger partial charge in [0.25, 0.3) is 0 Å². The highest BCUT2D eigenvalue weighted by Crippen LogP contribution is 2.16. The number of aryl methyl sites for hydroxylation is 2. The van der Waals surface area contributed by atoms with E-state index in [2.05, 4.69) is 22.3 Å². The Morgan fingerprint density at radius 3 is 2.77 bits per heavy atom. The number of pyridine rings is 1. The third-order valence-electron chi connectivity index (χ3n) is 3.77. The van der Waals surface area contributed by atoms with Crippen LogP contribution < -0.4 is 10.1 Å². The number of carbonyl (C=O) groups is 1. The van der Waals surface area contributed by atoms with Crippen LogP contribution in [0.4, 0.5) is 5.69 Å². The van der Waals surface area contributed by atoms with E-state index in [-0.39, 0.29) is 5.91 Å². The zero-order valence-electron chi connectivity index (χ0n) is 15.2. The van der Waals surface area contributed by atoms with Gasteiger partial charge in [0.15, 0.2) is 5.65 Å². The zero-order valence-corrected chi connectivity index (χ0v) is 15.2. The maximum absolute atomic E-state index is 12.2. The number of aromatic nitrogens is 3. The van der Waals surface area contributed by atoms with Gasteiger partial charge >= 0.3 is 0 Å². The molecule has 0 unspecified atom stereocenters. The van der Waals surface area contributed by atoms with E-state index in [9.17, 15) is 4.79 Å². The molecule has 0 aliphatic carbocycles. The topological polar surface area (TPSA) is 68.5 Å². The molecule has 0 aliphatic heterocycles. The summed E-state index contributed by atoms with van der Waals surface area (Å²) >= 11 is 0. The van der Waals surface area contributed by atoms with Crippen molar-refractivity contribution in [3.8, 4) is 5.75 Å². The molecule has 0 spiro atoms. The Morgan fingerprint density at radius 1 is 1.27 bits per heavy atom. The van der Waals surface area contributed by atoms with Crippen molar-refractivity contribution < 1.29 is 9.53 Å². The van der Waals surface area contributed by atoms with Gasteiger partial charge in [0.05, 0.1) is 18.5 Å². The molecular formula is C20H22N4O2. The first-order valence-corrected chi connectivity index (χ1v) is 8.60. The molecule has 0 radical (unpaired) electrons. The van der Waals surface area contributed by atoms with E-state index in [1.807, 2.05) is 44.2 Å². The summed E-state index contributed by atoms with van der Waals surface area (Å²) in [4.78, 5) is 16.5. The number of hydrogen-bond donors (Lipinski definition) is 1. The third-order valence-corrected chi connectivity index (χ3v) is 3.77. The van der Waals surface area contributed by atoms with Gasteiger partial charge < -0.3 is 10.1 Å². The molecule has 0 saturated carbocycles. The van der Waals surface area contributed by atoms with Crippen LogP contribution in [0.5, 0.6) is 5.75 Å². The Balaban J connectivity index is 1.65. The van der Waals surface area contributed by atoms with Crippen LogP contribution in [0.3, 0.4) is 0 Å². The molecule has 2 aromatic heterocycles. The Hall–Kier alpha value is -3.15. The Kier molecular flexibility index (Phi) is 5.31. The number of carbonyl (C=O) groups excluding carboxylic acids is 1. The second-order valence-corrected chi connectivity index (χ2v) is 6.08. The van der Waals surface area contributed by atoms with Gasteiger partial charge in [0.1, 0.15) is 11.6 Å². The Morgan fingerprint density at radius 2 is 2.04 bits per heavy atom. The average molecular weight is 350 g/mol. The number of rotatable bonds is 6. The van der Waals surface area contributed by atoms with E-state index in [1.54, 1.807) is 16.8 Å². The van der Waals surface area contributed by atoms with E-state index >= 15 is 0 Å². The van der Waals surface area contributed by atoms with E-state index in [4.69, 9.17) is 4.74 Å². The maximum atomic E-state index is 12.2. The zero-order chi connectivity index (χ0) is 18.5. The van der Waals surface area contributed by atoms with Crippen LogP contribution in [-0.4, -0.2) is 27.1 Å². The SMILES string of the molecule is CCCOc1ccc(/C=C/C(=O)Nc2cc(C)c3nc(C)nn3c2)cc1. The monoisotopic (exact) mass is 350 g/mol. The predicted octanol–water partition coefficient (Wildman–Crippen LogP) is 3.79. The molecule has 6 nitrogen and oxygen atoms in total. The number of anilines is 1. The van der Waals surface area contributed by atoms with Crippen LogP contribution in [-0.2, 0) is 4.79 Å². The fraction of sp³-hybridized carbons (Fsp3) is 0.250. The average Bonchev–Trinajstić information content (AvgIpc) is 3.00. The number of benzene rings is 1. The van der Waals surface area contributed by atoms with Gasteiger partial charge in [-0.05, 0) is 55.7 Å². The second-order valence-electron chi connectivity index (χ2n) is 6.08. The molecule has 0 bridgehead atoms. The summed E-state index contributed by atoms with van der Waals surface area (Å²) in [6.45, 7) is 6.55. The first kappa shape index (κ1) is 17.7. The quantitative estimate of drug-likeness (QED) is 0.687. The van der Waals surface area contributed by atoms with Crippen molar-refractivity contribution >= 4 is 23.3 Å². The minimum Gasteiger partial charge on any atom is -0.494 e. The summed E-state index contributed by atoms with van der Waals surface area (Å²) in [5, 5.41) is 7.14. The molecular weight excluding hydrogens is 328 g/mol. The molecule has 1 aromatic carbocycles. The van der Waals surface area contributed by atoms with Crippen molar-refractivity contribution in [3.63, 3.8) is 0 Å². The molecule has 0 saturated heterocycles. The standard InChI is InChI=1S/C20H22N4O2/c1-4-11-26-18-8-5-16(6-9-18)7-10-19(25)22-17-12-14(2)20-21-15(3)23-24(20)13-17/h5-10,12-13H,4,11H2,1-3H3,(H,22,25)/b10-7+. The van der Waals surface area contributed by atoms with Gasteiger partial charge in [-0.3, -0.25) is 4.79 Å². The largest absolute Gasteiger partial charge is 0.494 e. The van der Waals surface area contributed by atoms with Crippen LogP contribution >= 0.6 is 0 Å². The lowest BCUT2D eigenvalue weighted by atomic mass is 10.2. The summed E-state index contributed by atoms with van der Waals surface area (Å²) in [7, 11) is 0. The Bertz CT molecular complexity index is 942. The van der Waals surface area contributed by atoms with E-state index < -0.39 is 0 Å². The third kappa shape index (κ3) is 4.27. The fourth-order valence-electron chi connectivity index (χ4n) is 2.58. The highest BCUT2D eigenvalue weighted by atomic mass is 16.5. The molecule has 2 heterocycles. The molecule has 1 amide bonds. The van der Waals surface area contributed by atoms with Gasteiger partial charge in [-0.2, -0.15) is 5.10 Å². The minimum atomic E-state index is -0.202. The highest BCUT2D eigenvalue weighted by molar-refractivity contribution is 6.02. The predicted molar refractivity (Wildman–Crippen MR) is 102 cm³/mol. The lowest BCUT2D eigenvalue weighted by Gasteiger charge is -2.05. The number of amides is 1. The maximum Gasteiger partial charge on any atom is 0.248 e. The van der Waals surface area contributed by atoms with Gasteiger partial charge in [0, 0.05) is 6.08 Å². The van der Waals surface area contributed by atoms with E-state index in [0.29, 0.717) is 18.1 Å². The first-order chi connectivity index (χ1) is 12.5. The number of hydrogen-bond acceptors (Lipinski definition) is 4. The smallest absolute Gasteiger partial charge is 0.248 e. The van der Waals surface area contributed by atoms with Crippen molar-refractivity contribution in [2.45, 2.75) is 27.2 Å². The highest BCUT2D eigenvalue weighted by Gasteiger charge is 2.06. The number of nitrogens with zero attached hydrogens (tertiary/aromatic N) is 3. The number of nitrogens with one attached hydrogen (secondary N) is 1. The van der Waals surface area contributed by atoms with Crippen LogP contribution in [0.2, 0.25) is 0 Å². The lowest BCUT2D eigenvalue weighted by Crippen LogP contribution is -2.09. The normalized spacial score (nSPS) is 11.2. The van der Waals surface area contributed by atoms with Crippen molar-refractivity contribution in [1.82, 2.24) is 14.6 Å². The van der Waals surface area contributed by atoms with Crippen LogP contribution in [0, 0.1) is 13.8 Å². The molecule has 26 heavy (non-hydrogen) atoms. The van der Waals surface area contributed by atoms with Crippen LogP contribution in [0.1, 0.15) is 30.3 Å². The summed E-state index contributed by atoms with van der Waals surface area (Å²) in [5.74, 6) is 1.33. The minimum absolute atomic E-state index is 0.202. The van der Waals surface area contributed by atoms with Gasteiger partial charge in [0.2, 0.25) is 5.91 Å². The van der Waals surface area contributed by atoms with Crippen LogP contribution in [0.15, 0.2) is 42.6 Å².